The zero-order valence-electron chi connectivity index (χ0n) is 11.4. The minimum absolute atomic E-state index is 0.103. The number of amides is 1. The van der Waals surface area contributed by atoms with E-state index in [1.807, 2.05) is 21.0 Å². The third kappa shape index (κ3) is 2.57. The molecule has 0 spiro atoms. The van der Waals surface area contributed by atoms with E-state index in [1.165, 1.54) is 11.3 Å². The van der Waals surface area contributed by atoms with Crippen LogP contribution in [-0.4, -0.2) is 35.8 Å². The molecule has 0 atom stereocenters. The largest absolute Gasteiger partial charge is 0.397 e. The molecule has 0 aliphatic carbocycles. The van der Waals surface area contributed by atoms with Crippen LogP contribution in [0.2, 0.25) is 0 Å². The standard InChI is InChI=1S/C12H19N5OS/c1-7-8-9(13)10(19-12(8)17(3)16-7)11(18)15-6-4-5-14-2/h14H,4-6,13H2,1-3H3,(H,15,18). The molecule has 2 heterocycles. The van der Waals surface area contributed by atoms with Gasteiger partial charge in [-0.1, -0.05) is 0 Å². The van der Waals surface area contributed by atoms with E-state index >= 15 is 0 Å². The highest BCUT2D eigenvalue weighted by atomic mass is 32.1. The van der Waals surface area contributed by atoms with Crippen molar-refractivity contribution < 1.29 is 4.79 Å². The minimum Gasteiger partial charge on any atom is -0.397 e. The Labute approximate surface area is 116 Å². The molecule has 19 heavy (non-hydrogen) atoms. The Kier molecular flexibility index (Phi) is 4.06. The lowest BCUT2D eigenvalue weighted by Crippen LogP contribution is -2.26. The maximum atomic E-state index is 12.1. The summed E-state index contributed by atoms with van der Waals surface area (Å²) in [4.78, 5) is 13.6. The second-order valence-corrected chi connectivity index (χ2v) is 5.45. The zero-order valence-corrected chi connectivity index (χ0v) is 12.2. The number of hydrogen-bond donors (Lipinski definition) is 3. The van der Waals surface area contributed by atoms with Crippen molar-refractivity contribution in [3.63, 3.8) is 0 Å². The number of nitrogens with one attached hydrogen (secondary N) is 2. The van der Waals surface area contributed by atoms with Crippen molar-refractivity contribution in [1.82, 2.24) is 20.4 Å². The smallest absolute Gasteiger partial charge is 0.263 e. The summed E-state index contributed by atoms with van der Waals surface area (Å²) in [6.45, 7) is 3.43. The summed E-state index contributed by atoms with van der Waals surface area (Å²) in [5.41, 5.74) is 7.47. The Morgan fingerprint density at radius 3 is 2.84 bits per heavy atom. The Bertz CT molecular complexity index is 601. The molecule has 0 fully saturated rings. The van der Waals surface area contributed by atoms with E-state index in [0.29, 0.717) is 17.1 Å². The average molecular weight is 281 g/mol. The quantitative estimate of drug-likeness (QED) is 0.710. The van der Waals surface area contributed by atoms with Gasteiger partial charge in [-0.15, -0.1) is 11.3 Å². The van der Waals surface area contributed by atoms with Crippen molar-refractivity contribution in [2.24, 2.45) is 7.05 Å². The van der Waals surface area contributed by atoms with Gasteiger partial charge in [-0.25, -0.2) is 0 Å². The summed E-state index contributed by atoms with van der Waals surface area (Å²) in [6, 6.07) is 0. The van der Waals surface area contributed by atoms with Crippen molar-refractivity contribution in [1.29, 1.82) is 0 Å². The molecule has 0 aromatic carbocycles. The van der Waals surface area contributed by atoms with Crippen molar-refractivity contribution in [2.75, 3.05) is 25.9 Å². The SMILES string of the molecule is CNCCCNC(=O)c1sc2c(c(C)nn2C)c1N. The van der Waals surface area contributed by atoms with E-state index in [1.54, 1.807) is 4.68 Å². The van der Waals surface area contributed by atoms with Crippen molar-refractivity contribution in [2.45, 2.75) is 13.3 Å². The number of fused-ring (bicyclic) bond motifs is 1. The lowest BCUT2D eigenvalue weighted by atomic mass is 10.2. The highest BCUT2D eigenvalue weighted by Crippen LogP contribution is 2.35. The topological polar surface area (TPSA) is 85.0 Å². The molecule has 0 aliphatic rings. The Morgan fingerprint density at radius 1 is 1.47 bits per heavy atom. The van der Waals surface area contributed by atoms with Gasteiger partial charge in [0.2, 0.25) is 0 Å². The molecule has 0 bridgehead atoms. The number of rotatable bonds is 5. The number of anilines is 1. The van der Waals surface area contributed by atoms with Gasteiger partial charge in [0, 0.05) is 13.6 Å². The van der Waals surface area contributed by atoms with Crippen molar-refractivity contribution in [3.8, 4) is 0 Å². The molecule has 0 aliphatic heterocycles. The van der Waals surface area contributed by atoms with E-state index in [-0.39, 0.29) is 5.91 Å². The molecule has 0 unspecified atom stereocenters. The first-order chi connectivity index (χ1) is 9.06. The zero-order chi connectivity index (χ0) is 14.0. The van der Waals surface area contributed by atoms with E-state index in [4.69, 9.17) is 5.73 Å². The summed E-state index contributed by atoms with van der Waals surface area (Å²) >= 11 is 1.39. The molecule has 6 nitrogen and oxygen atoms in total. The van der Waals surface area contributed by atoms with Crippen molar-refractivity contribution >= 4 is 33.1 Å². The van der Waals surface area contributed by atoms with Gasteiger partial charge in [0.1, 0.15) is 9.71 Å². The number of nitrogens with zero attached hydrogens (tertiary/aromatic N) is 2. The molecule has 2 aromatic heterocycles. The van der Waals surface area contributed by atoms with Crippen LogP contribution in [0.1, 0.15) is 21.8 Å². The highest BCUT2D eigenvalue weighted by Gasteiger charge is 2.20. The first-order valence-electron chi connectivity index (χ1n) is 6.20. The molecule has 0 saturated heterocycles. The van der Waals surface area contributed by atoms with Crippen LogP contribution in [0.25, 0.3) is 10.2 Å². The number of carbonyl (C=O) groups is 1. The highest BCUT2D eigenvalue weighted by molar-refractivity contribution is 7.21. The summed E-state index contributed by atoms with van der Waals surface area (Å²) in [7, 11) is 3.75. The Balaban J connectivity index is 2.18. The summed E-state index contributed by atoms with van der Waals surface area (Å²) in [5.74, 6) is -0.103. The van der Waals surface area contributed by atoms with Crippen LogP contribution in [0.3, 0.4) is 0 Å². The maximum Gasteiger partial charge on any atom is 0.263 e. The second kappa shape index (κ2) is 5.58. The average Bonchev–Trinajstić information content (AvgIpc) is 2.85. The lowest BCUT2D eigenvalue weighted by molar-refractivity contribution is 0.0958. The molecule has 2 aromatic rings. The molecular formula is C12H19N5OS. The Hall–Kier alpha value is -1.60. The van der Waals surface area contributed by atoms with Crippen LogP contribution >= 0.6 is 11.3 Å². The number of carbonyl (C=O) groups excluding carboxylic acids is 1. The van der Waals surface area contributed by atoms with E-state index in [9.17, 15) is 4.79 Å². The first kappa shape index (κ1) is 13.8. The lowest BCUT2D eigenvalue weighted by Gasteiger charge is -2.04. The maximum absolute atomic E-state index is 12.1. The molecule has 7 heteroatoms. The van der Waals surface area contributed by atoms with Crippen molar-refractivity contribution in [3.05, 3.63) is 10.6 Å². The summed E-state index contributed by atoms with van der Waals surface area (Å²) in [6.07, 6.45) is 0.896. The van der Waals surface area contributed by atoms with E-state index in [2.05, 4.69) is 15.7 Å². The molecule has 4 N–H and O–H groups in total. The van der Waals surface area contributed by atoms with Crippen LogP contribution < -0.4 is 16.4 Å². The van der Waals surface area contributed by atoms with E-state index < -0.39 is 0 Å². The number of nitrogens with two attached hydrogens (primary N) is 1. The molecule has 104 valence electrons. The number of nitrogen functional groups attached to an aromatic ring is 1. The van der Waals surface area contributed by atoms with Gasteiger partial charge in [0.05, 0.1) is 16.8 Å². The van der Waals surface area contributed by atoms with Crippen LogP contribution in [0.4, 0.5) is 5.69 Å². The van der Waals surface area contributed by atoms with Gasteiger partial charge >= 0.3 is 0 Å². The third-order valence-electron chi connectivity index (χ3n) is 2.98. The van der Waals surface area contributed by atoms with Crippen LogP contribution in [-0.2, 0) is 7.05 Å². The third-order valence-corrected chi connectivity index (χ3v) is 4.25. The number of thiophene rings is 1. The normalized spacial score (nSPS) is 11.1. The fourth-order valence-electron chi connectivity index (χ4n) is 2.05. The fraction of sp³-hybridized carbons (Fsp3) is 0.500. The molecule has 1 amide bonds. The molecular weight excluding hydrogens is 262 g/mol. The van der Waals surface area contributed by atoms with Crippen LogP contribution in [0.5, 0.6) is 0 Å². The molecule has 2 rings (SSSR count). The van der Waals surface area contributed by atoms with Gasteiger partial charge < -0.3 is 16.4 Å². The van der Waals surface area contributed by atoms with E-state index in [0.717, 1.165) is 28.9 Å². The number of aryl methyl sites for hydroxylation is 2. The van der Waals surface area contributed by atoms with Gasteiger partial charge in [-0.2, -0.15) is 5.10 Å². The minimum atomic E-state index is -0.103. The predicted octanol–water partition coefficient (Wildman–Crippen LogP) is 0.865. The molecule has 0 saturated carbocycles. The summed E-state index contributed by atoms with van der Waals surface area (Å²) in [5, 5.41) is 11.1. The van der Waals surface area contributed by atoms with Gasteiger partial charge in [0.15, 0.2) is 0 Å². The monoisotopic (exact) mass is 281 g/mol. The van der Waals surface area contributed by atoms with Gasteiger partial charge in [-0.05, 0) is 26.9 Å². The Morgan fingerprint density at radius 2 is 2.21 bits per heavy atom. The van der Waals surface area contributed by atoms with Crippen LogP contribution in [0.15, 0.2) is 0 Å². The number of aromatic nitrogens is 2. The van der Waals surface area contributed by atoms with Crippen LogP contribution in [0, 0.1) is 6.92 Å². The first-order valence-corrected chi connectivity index (χ1v) is 7.02. The predicted molar refractivity (Wildman–Crippen MR) is 78.6 cm³/mol. The fourth-order valence-corrected chi connectivity index (χ4v) is 3.15. The van der Waals surface area contributed by atoms with Gasteiger partial charge in [-0.3, -0.25) is 9.48 Å². The number of hydrogen-bond acceptors (Lipinski definition) is 5. The molecule has 0 radical (unpaired) electrons. The second-order valence-electron chi connectivity index (χ2n) is 4.45. The summed E-state index contributed by atoms with van der Waals surface area (Å²) < 4.78 is 1.77. The van der Waals surface area contributed by atoms with Gasteiger partial charge in [0.25, 0.3) is 5.91 Å².